The number of hydrogen-bond donors (Lipinski definition) is 2. The first kappa shape index (κ1) is 16.6. The first-order valence-electron chi connectivity index (χ1n) is 8.07. The fraction of sp³-hybridized carbons (Fsp3) is 0.500. The Morgan fingerprint density at radius 3 is 3.04 bits per heavy atom. The number of H-pyrrole nitrogens is 1. The van der Waals surface area contributed by atoms with Gasteiger partial charge in [0, 0.05) is 36.9 Å². The van der Waals surface area contributed by atoms with Gasteiger partial charge in [0.15, 0.2) is 5.13 Å². The predicted octanol–water partition coefficient (Wildman–Crippen LogP) is 1.46. The number of aryl methyl sites for hydroxylation is 2. The van der Waals surface area contributed by atoms with E-state index in [1.807, 2.05) is 10.3 Å². The smallest absolute Gasteiger partial charge is 0.251 e. The number of nitrogens with one attached hydrogen (secondary N) is 1. The van der Waals surface area contributed by atoms with Gasteiger partial charge in [0.05, 0.1) is 11.4 Å². The minimum absolute atomic E-state index is 0.118. The van der Waals surface area contributed by atoms with Gasteiger partial charge < -0.3 is 15.6 Å². The van der Waals surface area contributed by atoms with Crippen LogP contribution in [0, 0.1) is 6.92 Å². The number of piperidine rings is 1. The second kappa shape index (κ2) is 7.12. The van der Waals surface area contributed by atoms with E-state index in [1.165, 1.54) is 11.3 Å². The predicted molar refractivity (Wildman–Crippen MR) is 93.0 cm³/mol. The highest BCUT2D eigenvalue weighted by molar-refractivity contribution is 7.13. The number of carbonyl (C=O) groups is 1. The summed E-state index contributed by atoms with van der Waals surface area (Å²) in [6.07, 6.45) is 2.91. The highest BCUT2D eigenvalue weighted by Crippen LogP contribution is 2.25. The third-order valence-corrected chi connectivity index (χ3v) is 4.96. The van der Waals surface area contributed by atoms with Crippen molar-refractivity contribution >= 4 is 22.4 Å². The fourth-order valence-corrected chi connectivity index (χ4v) is 3.68. The molecule has 128 valence electrons. The van der Waals surface area contributed by atoms with E-state index >= 15 is 0 Å². The van der Waals surface area contributed by atoms with Crippen LogP contribution >= 0.6 is 11.3 Å². The largest absolute Gasteiger partial charge is 0.375 e. The van der Waals surface area contributed by atoms with Crippen LogP contribution in [0.4, 0.5) is 5.13 Å². The molecule has 0 saturated carbocycles. The van der Waals surface area contributed by atoms with Gasteiger partial charge in [-0.3, -0.25) is 9.59 Å². The average Bonchev–Trinajstić information content (AvgIpc) is 2.97. The summed E-state index contributed by atoms with van der Waals surface area (Å²) in [7, 11) is 0. The van der Waals surface area contributed by atoms with Crippen molar-refractivity contribution < 1.29 is 4.79 Å². The van der Waals surface area contributed by atoms with Crippen LogP contribution in [0.15, 0.2) is 16.2 Å². The molecule has 7 nitrogen and oxygen atoms in total. The molecule has 1 amide bonds. The monoisotopic (exact) mass is 347 g/mol. The topological polar surface area (TPSA) is 105 Å². The Morgan fingerprint density at radius 1 is 1.50 bits per heavy atom. The first-order chi connectivity index (χ1) is 11.5. The number of nitrogens with two attached hydrogens (primary N) is 1. The zero-order chi connectivity index (χ0) is 17.1. The summed E-state index contributed by atoms with van der Waals surface area (Å²) in [5.74, 6) is 0.855. The summed E-state index contributed by atoms with van der Waals surface area (Å²) in [5.41, 5.74) is 7.12. The third kappa shape index (κ3) is 4.00. The maximum atomic E-state index is 12.5. The molecule has 8 heteroatoms. The zero-order valence-corrected chi connectivity index (χ0v) is 14.4. The van der Waals surface area contributed by atoms with Gasteiger partial charge in [-0.25, -0.2) is 9.97 Å². The molecule has 0 bridgehead atoms. The molecular weight excluding hydrogens is 326 g/mol. The molecule has 1 aliphatic heterocycles. The number of likely N-dealkylation sites (tertiary alicyclic amines) is 1. The van der Waals surface area contributed by atoms with Gasteiger partial charge in [0.1, 0.15) is 5.82 Å². The van der Waals surface area contributed by atoms with Crippen LogP contribution in [0.1, 0.15) is 42.4 Å². The molecule has 0 aromatic carbocycles. The highest BCUT2D eigenvalue weighted by atomic mass is 32.1. The normalized spacial score (nSPS) is 17.9. The Balaban J connectivity index is 1.62. The van der Waals surface area contributed by atoms with Gasteiger partial charge in [0.2, 0.25) is 5.91 Å². The molecule has 3 heterocycles. The molecule has 1 saturated heterocycles. The number of amides is 1. The minimum Gasteiger partial charge on any atom is -0.375 e. The molecule has 0 radical (unpaired) electrons. The van der Waals surface area contributed by atoms with Crippen LogP contribution in [-0.4, -0.2) is 38.8 Å². The van der Waals surface area contributed by atoms with Gasteiger partial charge in [-0.2, -0.15) is 0 Å². The first-order valence-corrected chi connectivity index (χ1v) is 8.95. The Labute approximate surface area is 143 Å². The van der Waals surface area contributed by atoms with E-state index < -0.39 is 0 Å². The molecule has 3 rings (SSSR count). The van der Waals surface area contributed by atoms with Gasteiger partial charge in [-0.15, -0.1) is 11.3 Å². The van der Waals surface area contributed by atoms with Crippen molar-refractivity contribution in [2.75, 3.05) is 18.8 Å². The zero-order valence-electron chi connectivity index (χ0n) is 13.6. The SMILES string of the molecule is Cc1nc([C@H]2CCCN(C(=O)CCc3csc(N)n3)C2)cc(=O)[nH]1. The Hall–Kier alpha value is -2.22. The summed E-state index contributed by atoms with van der Waals surface area (Å²) in [6.45, 7) is 3.15. The molecule has 2 aromatic heterocycles. The average molecular weight is 347 g/mol. The molecule has 3 N–H and O–H groups in total. The number of nitrogen functional groups attached to an aromatic ring is 1. The molecule has 0 aliphatic carbocycles. The summed E-state index contributed by atoms with van der Waals surface area (Å²) >= 11 is 1.39. The minimum atomic E-state index is -0.137. The number of carbonyl (C=O) groups excluding carboxylic acids is 1. The van der Waals surface area contributed by atoms with Gasteiger partial charge in [0.25, 0.3) is 5.56 Å². The number of anilines is 1. The van der Waals surface area contributed by atoms with Gasteiger partial charge in [-0.1, -0.05) is 0 Å². The maximum absolute atomic E-state index is 12.5. The Kier molecular flexibility index (Phi) is 4.94. The standard InChI is InChI=1S/C16H21N5O2S/c1-10-18-13(7-14(22)19-10)11-3-2-6-21(8-11)15(23)5-4-12-9-24-16(17)20-12/h7,9,11H,2-6,8H2,1H3,(H2,17,20)(H,18,19,22)/t11-/m0/s1. The lowest BCUT2D eigenvalue weighted by Gasteiger charge is -2.32. The lowest BCUT2D eigenvalue weighted by atomic mass is 9.94. The van der Waals surface area contributed by atoms with E-state index in [2.05, 4.69) is 15.0 Å². The van der Waals surface area contributed by atoms with E-state index in [4.69, 9.17) is 5.73 Å². The molecule has 1 atom stereocenters. The molecule has 1 aliphatic rings. The number of hydrogen-bond acceptors (Lipinski definition) is 6. The molecular formula is C16H21N5O2S. The lowest BCUT2D eigenvalue weighted by molar-refractivity contribution is -0.132. The molecule has 0 spiro atoms. The molecule has 0 unspecified atom stereocenters. The summed E-state index contributed by atoms with van der Waals surface area (Å²) in [6, 6.07) is 1.55. The van der Waals surface area contributed by atoms with Crippen LogP contribution in [0.25, 0.3) is 0 Å². The lowest BCUT2D eigenvalue weighted by Crippen LogP contribution is -2.39. The summed E-state index contributed by atoms with van der Waals surface area (Å²) in [4.78, 5) is 37.3. The second-order valence-corrected chi connectivity index (χ2v) is 7.00. The van der Waals surface area contributed by atoms with E-state index in [1.54, 1.807) is 13.0 Å². The van der Waals surface area contributed by atoms with E-state index in [-0.39, 0.29) is 17.4 Å². The molecule has 24 heavy (non-hydrogen) atoms. The number of aromatic amines is 1. The fourth-order valence-electron chi connectivity index (χ4n) is 3.09. The van der Waals surface area contributed by atoms with E-state index in [9.17, 15) is 9.59 Å². The van der Waals surface area contributed by atoms with Crippen LogP contribution < -0.4 is 11.3 Å². The van der Waals surface area contributed by atoms with Crippen LogP contribution in [-0.2, 0) is 11.2 Å². The van der Waals surface area contributed by atoms with Crippen molar-refractivity contribution in [3.63, 3.8) is 0 Å². The number of nitrogens with zero attached hydrogens (tertiary/aromatic N) is 3. The number of aromatic nitrogens is 3. The van der Waals surface area contributed by atoms with Gasteiger partial charge >= 0.3 is 0 Å². The number of thiazole rings is 1. The van der Waals surface area contributed by atoms with Crippen molar-refractivity contribution in [1.29, 1.82) is 0 Å². The number of rotatable bonds is 4. The molecule has 2 aromatic rings. The second-order valence-electron chi connectivity index (χ2n) is 6.11. The van der Waals surface area contributed by atoms with Crippen molar-refractivity contribution in [3.05, 3.63) is 39.0 Å². The van der Waals surface area contributed by atoms with E-state index in [0.717, 1.165) is 30.8 Å². The summed E-state index contributed by atoms with van der Waals surface area (Å²) in [5, 5.41) is 2.43. The van der Waals surface area contributed by atoms with Crippen LogP contribution in [0.3, 0.4) is 0 Å². The van der Waals surface area contributed by atoms with Crippen LogP contribution in [0.2, 0.25) is 0 Å². The Bertz CT molecular complexity index is 785. The van der Waals surface area contributed by atoms with Crippen LogP contribution in [0.5, 0.6) is 0 Å². The van der Waals surface area contributed by atoms with Crippen molar-refractivity contribution in [3.8, 4) is 0 Å². The summed E-state index contributed by atoms with van der Waals surface area (Å²) < 4.78 is 0. The van der Waals surface area contributed by atoms with Crippen molar-refractivity contribution in [2.45, 2.75) is 38.5 Å². The van der Waals surface area contributed by atoms with Crippen molar-refractivity contribution in [1.82, 2.24) is 19.9 Å². The van der Waals surface area contributed by atoms with Gasteiger partial charge in [-0.05, 0) is 26.2 Å². The van der Waals surface area contributed by atoms with E-state index in [0.29, 0.717) is 30.3 Å². The van der Waals surface area contributed by atoms with Crippen molar-refractivity contribution in [2.24, 2.45) is 0 Å². The maximum Gasteiger partial charge on any atom is 0.251 e. The molecule has 1 fully saturated rings. The third-order valence-electron chi connectivity index (χ3n) is 4.24. The Morgan fingerprint density at radius 2 is 2.33 bits per heavy atom. The quantitative estimate of drug-likeness (QED) is 0.871. The highest BCUT2D eigenvalue weighted by Gasteiger charge is 2.26.